The summed E-state index contributed by atoms with van der Waals surface area (Å²) >= 11 is 0. The van der Waals surface area contributed by atoms with Gasteiger partial charge in [0, 0.05) is 38.6 Å². The summed E-state index contributed by atoms with van der Waals surface area (Å²) in [5, 5.41) is 2.87. The molecule has 2 aliphatic heterocycles. The van der Waals surface area contributed by atoms with Crippen molar-refractivity contribution in [2.75, 3.05) is 44.8 Å². The van der Waals surface area contributed by atoms with Crippen LogP contribution in [0, 0.1) is 0 Å². The van der Waals surface area contributed by atoms with Crippen LogP contribution in [0.1, 0.15) is 29.8 Å². The van der Waals surface area contributed by atoms with Crippen molar-refractivity contribution in [3.8, 4) is 0 Å². The van der Waals surface area contributed by atoms with Gasteiger partial charge in [0.15, 0.2) is 0 Å². The maximum absolute atomic E-state index is 12.8. The summed E-state index contributed by atoms with van der Waals surface area (Å²) in [5.41, 5.74) is 1.34. The number of carbonyl (C=O) groups is 2. The fraction of sp³-hybridized carbons (Fsp3) is 0.588. The standard InChI is InChI=1S/C17H24N4O3/c1-20(15-4-2-3-6-19-16(15)22)17(23)14-12-13(5-7-18-14)21-8-10-24-11-9-21/h5,7,12,15H,2-4,6,8-11H2,1H3,(H,19,22). The number of nitrogens with one attached hydrogen (secondary N) is 1. The summed E-state index contributed by atoms with van der Waals surface area (Å²) in [6, 6.07) is 3.29. The molecule has 1 aromatic heterocycles. The fourth-order valence-corrected chi connectivity index (χ4v) is 3.17. The van der Waals surface area contributed by atoms with Crippen molar-refractivity contribution in [1.82, 2.24) is 15.2 Å². The van der Waals surface area contributed by atoms with Crippen LogP contribution in [0.25, 0.3) is 0 Å². The number of aromatic nitrogens is 1. The largest absolute Gasteiger partial charge is 0.378 e. The van der Waals surface area contributed by atoms with Crippen LogP contribution in [0.3, 0.4) is 0 Å². The molecule has 2 fully saturated rings. The first-order valence-electron chi connectivity index (χ1n) is 8.50. The van der Waals surface area contributed by atoms with E-state index in [0.717, 1.165) is 31.6 Å². The summed E-state index contributed by atoms with van der Waals surface area (Å²) in [4.78, 5) is 32.9. The van der Waals surface area contributed by atoms with Gasteiger partial charge in [0.1, 0.15) is 11.7 Å². The number of likely N-dealkylation sites (N-methyl/N-ethyl adjacent to an activating group) is 1. The van der Waals surface area contributed by atoms with Gasteiger partial charge >= 0.3 is 0 Å². The summed E-state index contributed by atoms with van der Waals surface area (Å²) in [7, 11) is 1.68. The van der Waals surface area contributed by atoms with E-state index in [1.54, 1.807) is 19.3 Å². The van der Waals surface area contributed by atoms with E-state index in [0.29, 0.717) is 31.9 Å². The van der Waals surface area contributed by atoms with Crippen LogP contribution in [-0.2, 0) is 9.53 Å². The van der Waals surface area contributed by atoms with E-state index in [2.05, 4.69) is 15.2 Å². The van der Waals surface area contributed by atoms with Crippen LogP contribution < -0.4 is 10.2 Å². The van der Waals surface area contributed by atoms with E-state index in [4.69, 9.17) is 4.74 Å². The molecule has 2 amide bonds. The molecule has 1 N–H and O–H groups in total. The van der Waals surface area contributed by atoms with Crippen LogP contribution in [0.2, 0.25) is 0 Å². The third-order valence-corrected chi connectivity index (χ3v) is 4.63. The second-order valence-corrected chi connectivity index (χ2v) is 6.22. The molecule has 0 radical (unpaired) electrons. The number of hydrogen-bond acceptors (Lipinski definition) is 5. The molecule has 0 bridgehead atoms. The van der Waals surface area contributed by atoms with E-state index < -0.39 is 6.04 Å². The Kier molecular flexibility index (Phi) is 5.30. The second kappa shape index (κ2) is 7.61. The van der Waals surface area contributed by atoms with Crippen LogP contribution in [0.4, 0.5) is 5.69 Å². The third-order valence-electron chi connectivity index (χ3n) is 4.63. The van der Waals surface area contributed by atoms with E-state index >= 15 is 0 Å². The van der Waals surface area contributed by atoms with Crippen LogP contribution >= 0.6 is 0 Å². The Morgan fingerprint density at radius 3 is 2.96 bits per heavy atom. The highest BCUT2D eigenvalue weighted by Gasteiger charge is 2.29. The molecule has 3 rings (SSSR count). The Hall–Kier alpha value is -2.15. The van der Waals surface area contributed by atoms with Gasteiger partial charge in [-0.1, -0.05) is 0 Å². The first-order valence-corrected chi connectivity index (χ1v) is 8.50. The second-order valence-electron chi connectivity index (χ2n) is 6.22. The summed E-state index contributed by atoms with van der Waals surface area (Å²) < 4.78 is 5.36. The molecule has 1 unspecified atom stereocenters. The van der Waals surface area contributed by atoms with Gasteiger partial charge in [-0.3, -0.25) is 14.6 Å². The van der Waals surface area contributed by atoms with Crippen molar-refractivity contribution >= 4 is 17.5 Å². The van der Waals surface area contributed by atoms with E-state index in [9.17, 15) is 9.59 Å². The van der Waals surface area contributed by atoms with Gasteiger partial charge in [0.25, 0.3) is 5.91 Å². The van der Waals surface area contributed by atoms with Crippen LogP contribution in [0.15, 0.2) is 18.3 Å². The minimum absolute atomic E-state index is 0.0762. The van der Waals surface area contributed by atoms with Gasteiger partial charge in [0.05, 0.1) is 13.2 Å². The van der Waals surface area contributed by atoms with E-state index in [1.165, 1.54) is 4.90 Å². The number of rotatable bonds is 3. The van der Waals surface area contributed by atoms with Crippen molar-refractivity contribution in [3.05, 3.63) is 24.0 Å². The zero-order chi connectivity index (χ0) is 16.9. The lowest BCUT2D eigenvalue weighted by molar-refractivity contribution is -0.125. The third kappa shape index (κ3) is 3.67. The van der Waals surface area contributed by atoms with E-state index in [-0.39, 0.29) is 11.8 Å². The number of pyridine rings is 1. The molecular weight excluding hydrogens is 308 g/mol. The molecule has 2 aliphatic rings. The van der Waals surface area contributed by atoms with Crippen molar-refractivity contribution in [2.45, 2.75) is 25.3 Å². The topological polar surface area (TPSA) is 74.8 Å². The van der Waals surface area contributed by atoms with Crippen molar-refractivity contribution in [1.29, 1.82) is 0 Å². The SMILES string of the molecule is CN(C(=O)c1cc(N2CCOCC2)ccn1)C1CCCCNC1=O. The first kappa shape index (κ1) is 16.7. The molecule has 0 aromatic carbocycles. The lowest BCUT2D eigenvalue weighted by Crippen LogP contribution is -2.46. The number of amides is 2. The molecule has 0 spiro atoms. The monoisotopic (exact) mass is 332 g/mol. The zero-order valence-electron chi connectivity index (χ0n) is 14.0. The summed E-state index contributed by atoms with van der Waals surface area (Å²) in [6.45, 7) is 3.67. The van der Waals surface area contributed by atoms with Crippen molar-refractivity contribution in [2.24, 2.45) is 0 Å². The molecule has 1 aromatic rings. The Morgan fingerprint density at radius 2 is 2.17 bits per heavy atom. The Morgan fingerprint density at radius 1 is 1.38 bits per heavy atom. The van der Waals surface area contributed by atoms with Gasteiger partial charge in [0.2, 0.25) is 5.91 Å². The lowest BCUT2D eigenvalue weighted by Gasteiger charge is -2.29. The predicted molar refractivity (Wildman–Crippen MR) is 90.0 cm³/mol. The molecule has 0 aliphatic carbocycles. The van der Waals surface area contributed by atoms with Crippen LogP contribution in [0.5, 0.6) is 0 Å². The average Bonchev–Trinajstić information content (AvgIpc) is 2.86. The molecule has 7 heteroatoms. The van der Waals surface area contributed by atoms with Gasteiger partial charge in [-0.05, 0) is 31.4 Å². The number of carbonyl (C=O) groups excluding carboxylic acids is 2. The maximum Gasteiger partial charge on any atom is 0.272 e. The minimum atomic E-state index is -0.422. The number of ether oxygens (including phenoxy) is 1. The zero-order valence-corrected chi connectivity index (χ0v) is 14.0. The van der Waals surface area contributed by atoms with Gasteiger partial charge < -0.3 is 19.9 Å². The first-order chi connectivity index (χ1) is 11.7. The summed E-state index contributed by atoms with van der Waals surface area (Å²) in [5.74, 6) is -0.292. The number of nitrogens with zero attached hydrogens (tertiary/aromatic N) is 3. The quantitative estimate of drug-likeness (QED) is 0.880. The molecule has 130 valence electrons. The van der Waals surface area contributed by atoms with Gasteiger partial charge in [-0.15, -0.1) is 0 Å². The molecule has 7 nitrogen and oxygen atoms in total. The average molecular weight is 332 g/mol. The van der Waals surface area contributed by atoms with Crippen molar-refractivity contribution < 1.29 is 14.3 Å². The fourth-order valence-electron chi connectivity index (χ4n) is 3.17. The number of hydrogen-bond donors (Lipinski definition) is 1. The smallest absolute Gasteiger partial charge is 0.272 e. The minimum Gasteiger partial charge on any atom is -0.378 e. The Labute approximate surface area is 142 Å². The van der Waals surface area contributed by atoms with Gasteiger partial charge in [-0.25, -0.2) is 0 Å². The molecule has 1 atom stereocenters. The predicted octanol–water partition coefficient (Wildman–Crippen LogP) is 0.659. The number of morpholine rings is 1. The molecule has 2 saturated heterocycles. The Balaban J connectivity index is 1.75. The maximum atomic E-state index is 12.8. The Bertz CT molecular complexity index is 601. The molecule has 0 saturated carbocycles. The molecular formula is C17H24N4O3. The van der Waals surface area contributed by atoms with Crippen molar-refractivity contribution in [3.63, 3.8) is 0 Å². The molecule has 24 heavy (non-hydrogen) atoms. The molecule has 3 heterocycles. The van der Waals surface area contributed by atoms with Crippen LogP contribution in [-0.4, -0.2) is 67.6 Å². The normalized spacial score (nSPS) is 21.8. The lowest BCUT2D eigenvalue weighted by atomic mass is 10.1. The van der Waals surface area contributed by atoms with E-state index in [1.807, 2.05) is 6.07 Å². The highest BCUT2D eigenvalue weighted by atomic mass is 16.5. The summed E-state index contributed by atoms with van der Waals surface area (Å²) in [6.07, 6.45) is 4.23. The highest BCUT2D eigenvalue weighted by molar-refractivity contribution is 5.96. The number of anilines is 1. The highest BCUT2D eigenvalue weighted by Crippen LogP contribution is 2.18. The van der Waals surface area contributed by atoms with Gasteiger partial charge in [-0.2, -0.15) is 0 Å².